The van der Waals surface area contributed by atoms with E-state index in [1.54, 1.807) is 48.6 Å². The standard InChI is InChI=1S/C24H18O2/c25-23(21-9-5-2-6-10-21)18-14-20-11-15-22(16-12-20)24(26)17-13-19-7-3-1-4-8-19/h1-18H/b17-13?,18-14+. The fourth-order valence-corrected chi connectivity index (χ4v) is 2.46. The first-order valence-corrected chi connectivity index (χ1v) is 8.37. The Morgan fingerprint density at radius 3 is 1.46 bits per heavy atom. The van der Waals surface area contributed by atoms with Crippen LogP contribution in [0.25, 0.3) is 12.2 Å². The van der Waals surface area contributed by atoms with Crippen molar-refractivity contribution in [3.8, 4) is 0 Å². The maximum Gasteiger partial charge on any atom is 0.185 e. The molecule has 126 valence electrons. The lowest BCUT2D eigenvalue weighted by molar-refractivity contribution is 0.103. The number of carbonyl (C=O) groups excluding carboxylic acids is 2. The van der Waals surface area contributed by atoms with Gasteiger partial charge in [0.2, 0.25) is 0 Å². The second kappa shape index (κ2) is 8.54. The molecular weight excluding hydrogens is 320 g/mol. The lowest BCUT2D eigenvalue weighted by Gasteiger charge is -1.98. The van der Waals surface area contributed by atoms with Gasteiger partial charge in [0.25, 0.3) is 0 Å². The Balaban J connectivity index is 1.65. The molecule has 0 aromatic heterocycles. The minimum Gasteiger partial charge on any atom is -0.289 e. The number of hydrogen-bond donors (Lipinski definition) is 0. The molecule has 0 saturated heterocycles. The van der Waals surface area contributed by atoms with Gasteiger partial charge in [-0.15, -0.1) is 0 Å². The molecule has 3 rings (SSSR count). The van der Waals surface area contributed by atoms with Crippen molar-refractivity contribution >= 4 is 23.7 Å². The van der Waals surface area contributed by atoms with Crippen LogP contribution in [-0.2, 0) is 0 Å². The Hall–Kier alpha value is -3.52. The van der Waals surface area contributed by atoms with E-state index in [9.17, 15) is 9.59 Å². The van der Waals surface area contributed by atoms with Gasteiger partial charge in [0.05, 0.1) is 0 Å². The third-order valence-corrected chi connectivity index (χ3v) is 3.91. The van der Waals surface area contributed by atoms with Crippen molar-refractivity contribution in [1.82, 2.24) is 0 Å². The predicted molar refractivity (Wildman–Crippen MR) is 106 cm³/mol. The zero-order valence-electron chi connectivity index (χ0n) is 14.2. The molecule has 0 saturated carbocycles. The molecule has 0 aliphatic rings. The minimum absolute atomic E-state index is 0.0449. The van der Waals surface area contributed by atoms with Crippen LogP contribution in [-0.4, -0.2) is 11.6 Å². The number of allylic oxidation sites excluding steroid dienone is 2. The van der Waals surface area contributed by atoms with Crippen LogP contribution in [0.4, 0.5) is 0 Å². The van der Waals surface area contributed by atoms with Crippen molar-refractivity contribution in [2.75, 3.05) is 0 Å². The molecule has 0 aliphatic heterocycles. The molecule has 0 amide bonds. The van der Waals surface area contributed by atoms with Crippen LogP contribution in [0.2, 0.25) is 0 Å². The van der Waals surface area contributed by atoms with Crippen LogP contribution in [0.15, 0.2) is 97.1 Å². The topological polar surface area (TPSA) is 34.1 Å². The van der Waals surface area contributed by atoms with Gasteiger partial charge in [-0.1, -0.05) is 97.1 Å². The summed E-state index contributed by atoms with van der Waals surface area (Å²) < 4.78 is 0. The Bertz CT molecular complexity index is 935. The molecule has 0 fully saturated rings. The quantitative estimate of drug-likeness (QED) is 0.440. The van der Waals surface area contributed by atoms with Crippen LogP contribution in [0, 0.1) is 0 Å². The summed E-state index contributed by atoms with van der Waals surface area (Å²) in [5.41, 5.74) is 3.13. The summed E-state index contributed by atoms with van der Waals surface area (Å²) >= 11 is 0. The summed E-state index contributed by atoms with van der Waals surface area (Å²) in [6, 6.07) is 26.0. The van der Waals surface area contributed by atoms with Crippen molar-refractivity contribution in [1.29, 1.82) is 0 Å². The summed E-state index contributed by atoms with van der Waals surface area (Å²) in [7, 11) is 0. The van der Waals surface area contributed by atoms with Crippen LogP contribution < -0.4 is 0 Å². The molecule has 0 unspecified atom stereocenters. The van der Waals surface area contributed by atoms with Gasteiger partial charge in [0, 0.05) is 11.1 Å². The number of ketones is 2. The molecule has 2 heteroatoms. The lowest BCUT2D eigenvalue weighted by Crippen LogP contribution is -1.94. The number of hydrogen-bond acceptors (Lipinski definition) is 2. The third-order valence-electron chi connectivity index (χ3n) is 3.91. The Labute approximate surface area is 153 Å². The van der Waals surface area contributed by atoms with E-state index in [4.69, 9.17) is 0 Å². The van der Waals surface area contributed by atoms with E-state index in [2.05, 4.69) is 0 Å². The Morgan fingerprint density at radius 2 is 0.923 bits per heavy atom. The molecule has 0 aliphatic carbocycles. The second-order valence-electron chi connectivity index (χ2n) is 5.79. The molecule has 3 aromatic carbocycles. The van der Waals surface area contributed by atoms with Crippen LogP contribution in [0.1, 0.15) is 31.8 Å². The molecule has 0 N–H and O–H groups in total. The summed E-state index contributed by atoms with van der Waals surface area (Å²) in [6.07, 6.45) is 6.67. The highest BCUT2D eigenvalue weighted by Gasteiger charge is 2.02. The molecule has 2 nitrogen and oxygen atoms in total. The largest absolute Gasteiger partial charge is 0.289 e. The molecule has 0 bridgehead atoms. The minimum atomic E-state index is -0.0512. The number of benzene rings is 3. The highest BCUT2D eigenvalue weighted by Crippen LogP contribution is 2.10. The summed E-state index contributed by atoms with van der Waals surface area (Å²) in [5.74, 6) is -0.0960. The van der Waals surface area contributed by atoms with E-state index in [0.29, 0.717) is 11.1 Å². The first kappa shape index (κ1) is 17.3. The zero-order valence-corrected chi connectivity index (χ0v) is 14.2. The van der Waals surface area contributed by atoms with Crippen LogP contribution in [0.5, 0.6) is 0 Å². The molecule has 3 aromatic rings. The maximum absolute atomic E-state index is 12.2. The van der Waals surface area contributed by atoms with Gasteiger partial charge in [-0.2, -0.15) is 0 Å². The number of carbonyl (C=O) groups is 2. The Kier molecular flexibility index (Phi) is 5.69. The maximum atomic E-state index is 12.2. The van der Waals surface area contributed by atoms with Gasteiger partial charge in [0.1, 0.15) is 0 Å². The lowest BCUT2D eigenvalue weighted by atomic mass is 10.1. The smallest absolute Gasteiger partial charge is 0.185 e. The van der Waals surface area contributed by atoms with E-state index in [0.717, 1.165) is 11.1 Å². The summed E-state index contributed by atoms with van der Waals surface area (Å²) in [6.45, 7) is 0. The zero-order chi connectivity index (χ0) is 18.2. The average molecular weight is 338 g/mol. The SMILES string of the molecule is O=C(C=Cc1ccccc1)c1ccc(/C=C/C(=O)c2ccccc2)cc1. The molecule has 26 heavy (non-hydrogen) atoms. The van der Waals surface area contributed by atoms with Gasteiger partial charge < -0.3 is 0 Å². The first-order valence-electron chi connectivity index (χ1n) is 8.37. The molecular formula is C24H18O2. The second-order valence-corrected chi connectivity index (χ2v) is 5.79. The van der Waals surface area contributed by atoms with Crippen LogP contribution >= 0.6 is 0 Å². The molecule has 0 atom stereocenters. The van der Waals surface area contributed by atoms with Crippen molar-refractivity contribution in [2.24, 2.45) is 0 Å². The predicted octanol–water partition coefficient (Wildman–Crippen LogP) is 5.48. The van der Waals surface area contributed by atoms with Crippen molar-refractivity contribution in [3.63, 3.8) is 0 Å². The highest BCUT2D eigenvalue weighted by molar-refractivity contribution is 6.08. The van der Waals surface area contributed by atoms with E-state index >= 15 is 0 Å². The van der Waals surface area contributed by atoms with Crippen molar-refractivity contribution in [2.45, 2.75) is 0 Å². The van der Waals surface area contributed by atoms with Gasteiger partial charge in [-0.05, 0) is 23.3 Å². The average Bonchev–Trinajstić information content (AvgIpc) is 2.72. The van der Waals surface area contributed by atoms with Crippen molar-refractivity contribution in [3.05, 3.63) is 119 Å². The van der Waals surface area contributed by atoms with Gasteiger partial charge >= 0.3 is 0 Å². The van der Waals surface area contributed by atoms with Gasteiger partial charge in [-0.25, -0.2) is 0 Å². The Morgan fingerprint density at radius 1 is 0.500 bits per heavy atom. The molecule has 0 radical (unpaired) electrons. The molecule has 0 spiro atoms. The normalized spacial score (nSPS) is 11.1. The van der Waals surface area contributed by atoms with Crippen molar-refractivity contribution < 1.29 is 9.59 Å². The summed E-state index contributed by atoms with van der Waals surface area (Å²) in [4.78, 5) is 24.3. The number of rotatable bonds is 6. The monoisotopic (exact) mass is 338 g/mol. The van der Waals surface area contributed by atoms with E-state index in [1.165, 1.54) is 0 Å². The third kappa shape index (κ3) is 4.74. The van der Waals surface area contributed by atoms with Gasteiger partial charge in [0.15, 0.2) is 11.6 Å². The van der Waals surface area contributed by atoms with Gasteiger partial charge in [-0.3, -0.25) is 9.59 Å². The first-order chi connectivity index (χ1) is 12.7. The summed E-state index contributed by atoms with van der Waals surface area (Å²) in [5, 5.41) is 0. The fraction of sp³-hybridized carbons (Fsp3) is 0. The van der Waals surface area contributed by atoms with Crippen LogP contribution in [0.3, 0.4) is 0 Å². The van der Waals surface area contributed by atoms with E-state index in [1.807, 2.05) is 60.7 Å². The molecule has 0 heterocycles. The van der Waals surface area contributed by atoms with E-state index in [-0.39, 0.29) is 11.6 Å². The fourth-order valence-electron chi connectivity index (χ4n) is 2.46. The van der Waals surface area contributed by atoms with E-state index < -0.39 is 0 Å². The highest BCUT2D eigenvalue weighted by atomic mass is 16.1.